The van der Waals surface area contributed by atoms with Gasteiger partial charge in [-0.1, -0.05) is 56.1 Å². The molecule has 2 aromatic heterocycles. The van der Waals surface area contributed by atoms with Crippen molar-refractivity contribution in [1.82, 2.24) is 19.9 Å². The summed E-state index contributed by atoms with van der Waals surface area (Å²) in [6, 6.07) is 9.92. The molecule has 1 atom stereocenters. The van der Waals surface area contributed by atoms with Gasteiger partial charge in [-0.05, 0) is 47.9 Å². The van der Waals surface area contributed by atoms with Gasteiger partial charge in [0.2, 0.25) is 5.91 Å². The maximum absolute atomic E-state index is 14.3. The van der Waals surface area contributed by atoms with Gasteiger partial charge >= 0.3 is 6.18 Å². The highest BCUT2D eigenvalue weighted by molar-refractivity contribution is 6.36. The first kappa shape index (κ1) is 33.5. The van der Waals surface area contributed by atoms with E-state index in [0.29, 0.717) is 50.3 Å². The maximum atomic E-state index is 14.3. The Morgan fingerprint density at radius 3 is 2.46 bits per heavy atom. The first-order chi connectivity index (χ1) is 21.5. The number of halogens is 6. The summed E-state index contributed by atoms with van der Waals surface area (Å²) < 4.78 is 55.8. The predicted octanol–water partition coefficient (Wildman–Crippen LogP) is 7.35. The highest BCUT2D eigenvalue weighted by Crippen LogP contribution is 2.35. The molecule has 46 heavy (non-hydrogen) atoms. The molecular formula is C32H32Cl2F4N6O2. The Hall–Kier alpha value is -3.90. The quantitative estimate of drug-likeness (QED) is 0.200. The molecule has 2 amide bonds. The summed E-state index contributed by atoms with van der Waals surface area (Å²) in [7, 11) is 1.79. The van der Waals surface area contributed by atoms with Crippen LogP contribution in [0.5, 0.6) is 0 Å². The molecule has 5 rings (SSSR count). The molecule has 1 aliphatic rings. The lowest BCUT2D eigenvalue weighted by atomic mass is 9.95. The molecule has 0 aliphatic carbocycles. The van der Waals surface area contributed by atoms with Crippen molar-refractivity contribution in [3.05, 3.63) is 80.7 Å². The van der Waals surface area contributed by atoms with Crippen LogP contribution in [0, 0.1) is 5.41 Å². The molecule has 0 spiro atoms. The van der Waals surface area contributed by atoms with Crippen molar-refractivity contribution in [1.29, 1.82) is 0 Å². The van der Waals surface area contributed by atoms with Gasteiger partial charge in [-0.15, -0.1) is 0 Å². The second-order valence-electron chi connectivity index (χ2n) is 12.2. The fourth-order valence-electron chi connectivity index (χ4n) is 5.20. The molecule has 0 bridgehead atoms. The fraction of sp³-hybridized carbons (Fsp3) is 0.375. The predicted molar refractivity (Wildman–Crippen MR) is 170 cm³/mol. The van der Waals surface area contributed by atoms with Crippen molar-refractivity contribution in [3.63, 3.8) is 0 Å². The summed E-state index contributed by atoms with van der Waals surface area (Å²) >= 11 is 13.3. The number of fused-ring (bicyclic) bond motifs is 1. The number of alkyl halides is 4. The van der Waals surface area contributed by atoms with Crippen molar-refractivity contribution in [2.24, 2.45) is 12.5 Å². The minimum Gasteiger partial charge on any atom is -0.368 e. The molecule has 14 heteroatoms. The Balaban J connectivity index is 1.50. The van der Waals surface area contributed by atoms with Crippen LogP contribution in [0.15, 0.2) is 42.5 Å². The molecule has 3 heterocycles. The number of hydrogen-bond acceptors (Lipinski definition) is 5. The van der Waals surface area contributed by atoms with Gasteiger partial charge < -0.3 is 20.1 Å². The number of anilines is 2. The van der Waals surface area contributed by atoms with E-state index >= 15 is 0 Å². The number of hydrogen-bond donors (Lipinski definition) is 2. The number of aryl methyl sites for hydroxylation is 1. The molecule has 1 saturated heterocycles. The lowest BCUT2D eigenvalue weighted by Crippen LogP contribution is -2.34. The van der Waals surface area contributed by atoms with Gasteiger partial charge in [0.1, 0.15) is 23.5 Å². The van der Waals surface area contributed by atoms with E-state index in [1.54, 1.807) is 30.1 Å². The molecule has 0 saturated carbocycles. The zero-order valence-electron chi connectivity index (χ0n) is 25.5. The first-order valence-corrected chi connectivity index (χ1v) is 15.3. The zero-order valence-corrected chi connectivity index (χ0v) is 27.0. The van der Waals surface area contributed by atoms with Gasteiger partial charge in [-0.25, -0.2) is 14.4 Å². The number of rotatable bonds is 7. The topological polar surface area (TPSA) is 92.1 Å². The number of amides is 2. The molecule has 0 unspecified atom stereocenters. The standard InChI is InChI=1S/C32H32Cl2F4N6O2/c1-31(2,3)30(46)39-15-17-8-9-21(33)19(28(17)34)13-27-40-22-12-20(23(14-24(22)43(27)4)44-11-10-18(35)16-44)29(45)42-26-7-5-6-25(41-26)32(36,37)38/h5-9,12,14,18H,10-11,13,15-16H2,1-4H3,(H,39,46)(H,41,42,45)/t18-/m1/s1. The number of benzene rings is 2. The number of aromatic nitrogens is 3. The van der Waals surface area contributed by atoms with E-state index < -0.39 is 29.4 Å². The monoisotopic (exact) mass is 678 g/mol. The van der Waals surface area contributed by atoms with Gasteiger partial charge in [0.15, 0.2) is 0 Å². The molecular weight excluding hydrogens is 647 g/mol. The van der Waals surface area contributed by atoms with Gasteiger partial charge in [0.05, 0.1) is 27.3 Å². The lowest BCUT2D eigenvalue weighted by Gasteiger charge is -2.21. The molecule has 2 N–H and O–H groups in total. The van der Waals surface area contributed by atoms with Crippen molar-refractivity contribution in [2.45, 2.75) is 52.5 Å². The summed E-state index contributed by atoms with van der Waals surface area (Å²) in [4.78, 5) is 35.9. The lowest BCUT2D eigenvalue weighted by molar-refractivity contribution is -0.141. The number of nitrogens with zero attached hydrogens (tertiary/aromatic N) is 4. The normalized spacial score (nSPS) is 15.4. The minimum absolute atomic E-state index is 0.0576. The van der Waals surface area contributed by atoms with Gasteiger partial charge in [-0.2, -0.15) is 13.2 Å². The second-order valence-corrected chi connectivity index (χ2v) is 13.0. The van der Waals surface area contributed by atoms with Crippen LogP contribution in [-0.2, 0) is 31.0 Å². The molecule has 0 radical (unpaired) electrons. The third kappa shape index (κ3) is 7.07. The highest BCUT2D eigenvalue weighted by Gasteiger charge is 2.33. The minimum atomic E-state index is -4.69. The Morgan fingerprint density at radius 1 is 1.07 bits per heavy atom. The molecule has 2 aromatic carbocycles. The van der Waals surface area contributed by atoms with Crippen LogP contribution < -0.4 is 15.5 Å². The van der Waals surface area contributed by atoms with E-state index in [1.165, 1.54) is 12.1 Å². The van der Waals surface area contributed by atoms with Crippen LogP contribution in [0.1, 0.15) is 60.2 Å². The van der Waals surface area contributed by atoms with E-state index in [-0.39, 0.29) is 43.2 Å². The average Bonchev–Trinajstić information content (AvgIpc) is 3.55. The second kappa shape index (κ2) is 12.7. The molecule has 1 aliphatic heterocycles. The molecule has 244 valence electrons. The Kier molecular flexibility index (Phi) is 9.25. The third-order valence-corrected chi connectivity index (χ3v) is 8.63. The van der Waals surface area contributed by atoms with Crippen LogP contribution in [0.3, 0.4) is 0 Å². The summed E-state index contributed by atoms with van der Waals surface area (Å²) in [5, 5.41) is 6.13. The van der Waals surface area contributed by atoms with E-state index in [2.05, 4.69) is 15.6 Å². The number of carbonyl (C=O) groups is 2. The van der Waals surface area contributed by atoms with E-state index in [9.17, 15) is 27.2 Å². The number of pyridine rings is 1. The SMILES string of the molecule is Cn1c(Cc2c(Cl)ccc(CNC(=O)C(C)(C)C)c2Cl)nc2cc(C(=O)Nc3cccc(C(F)(F)F)n3)c(N3CC[C@@H](F)C3)cc21. The van der Waals surface area contributed by atoms with Gasteiger partial charge in [0.25, 0.3) is 5.91 Å². The molecule has 8 nitrogen and oxygen atoms in total. The largest absolute Gasteiger partial charge is 0.433 e. The third-order valence-electron chi connectivity index (χ3n) is 7.81. The first-order valence-electron chi connectivity index (χ1n) is 14.5. The summed E-state index contributed by atoms with van der Waals surface area (Å²) in [6.45, 7) is 6.04. The average molecular weight is 680 g/mol. The van der Waals surface area contributed by atoms with Crippen molar-refractivity contribution in [2.75, 3.05) is 23.3 Å². The molecule has 4 aromatic rings. The van der Waals surface area contributed by atoms with Crippen LogP contribution >= 0.6 is 23.2 Å². The van der Waals surface area contributed by atoms with Crippen LogP contribution in [0.25, 0.3) is 11.0 Å². The fourth-order valence-corrected chi connectivity index (χ4v) is 5.78. The maximum Gasteiger partial charge on any atom is 0.433 e. The van der Waals surface area contributed by atoms with E-state index in [0.717, 1.165) is 12.1 Å². The zero-order chi connectivity index (χ0) is 33.6. The van der Waals surface area contributed by atoms with Crippen LogP contribution in [-0.4, -0.2) is 45.6 Å². The number of carbonyl (C=O) groups excluding carboxylic acids is 2. The van der Waals surface area contributed by atoms with Crippen molar-refractivity contribution < 1.29 is 27.2 Å². The van der Waals surface area contributed by atoms with E-state index in [4.69, 9.17) is 28.2 Å². The van der Waals surface area contributed by atoms with Crippen molar-refractivity contribution in [3.8, 4) is 0 Å². The number of imidazole rings is 1. The number of nitrogens with one attached hydrogen (secondary N) is 2. The Labute approximate surface area is 273 Å². The van der Waals surface area contributed by atoms with Crippen LogP contribution in [0.2, 0.25) is 10.0 Å². The smallest absolute Gasteiger partial charge is 0.368 e. The van der Waals surface area contributed by atoms with Crippen LogP contribution in [0.4, 0.5) is 29.1 Å². The van der Waals surface area contributed by atoms with E-state index in [1.807, 2.05) is 25.3 Å². The highest BCUT2D eigenvalue weighted by atomic mass is 35.5. The summed E-state index contributed by atoms with van der Waals surface area (Å²) in [5.74, 6) is -0.566. The van der Waals surface area contributed by atoms with Gasteiger partial charge in [0, 0.05) is 43.5 Å². The summed E-state index contributed by atoms with van der Waals surface area (Å²) in [6.07, 6.45) is -5.30. The molecule has 1 fully saturated rings. The Morgan fingerprint density at radius 2 is 1.80 bits per heavy atom. The van der Waals surface area contributed by atoms with Crippen molar-refractivity contribution >= 4 is 57.6 Å². The van der Waals surface area contributed by atoms with Gasteiger partial charge in [-0.3, -0.25) is 9.59 Å². The Bertz CT molecular complexity index is 1820. The summed E-state index contributed by atoms with van der Waals surface area (Å²) in [5.41, 5.74) is 1.15.